The molecule has 4 nitrogen and oxygen atoms in total. The van der Waals surface area contributed by atoms with E-state index in [1.165, 1.54) is 11.8 Å². The zero-order valence-corrected chi connectivity index (χ0v) is 12.6. The number of hydrogen-bond acceptors (Lipinski definition) is 5. The fraction of sp³-hybridized carbons (Fsp3) is 0.385. The van der Waals surface area contributed by atoms with Gasteiger partial charge in [0.25, 0.3) is 5.91 Å². The van der Waals surface area contributed by atoms with E-state index in [0.29, 0.717) is 15.8 Å². The summed E-state index contributed by atoms with van der Waals surface area (Å²) < 4.78 is 5.84. The van der Waals surface area contributed by atoms with Crippen LogP contribution < -0.4 is 0 Å². The first-order valence-electron chi connectivity index (χ1n) is 6.17. The van der Waals surface area contributed by atoms with Crippen molar-refractivity contribution < 1.29 is 9.21 Å². The van der Waals surface area contributed by atoms with Gasteiger partial charge in [-0.05, 0) is 26.0 Å². The van der Waals surface area contributed by atoms with E-state index in [2.05, 4.69) is 18.7 Å². The van der Waals surface area contributed by atoms with Crippen LogP contribution >= 0.6 is 24.0 Å². The molecule has 1 fully saturated rings. The van der Waals surface area contributed by atoms with Gasteiger partial charge in [0.15, 0.2) is 0 Å². The summed E-state index contributed by atoms with van der Waals surface area (Å²) in [5.74, 6) is 0.693. The van der Waals surface area contributed by atoms with E-state index < -0.39 is 0 Å². The Hall–Kier alpha value is -1.27. The average Bonchev–Trinajstić information content (AvgIpc) is 3.00. The number of thioether (sulfide) groups is 1. The third-order valence-corrected chi connectivity index (χ3v) is 4.25. The van der Waals surface area contributed by atoms with Gasteiger partial charge in [-0.3, -0.25) is 9.69 Å². The molecule has 1 aliphatic rings. The topological polar surface area (TPSA) is 36.7 Å². The maximum atomic E-state index is 12.3. The first-order chi connectivity index (χ1) is 9.15. The molecule has 0 aromatic carbocycles. The summed E-state index contributed by atoms with van der Waals surface area (Å²) in [5.41, 5.74) is 0. The minimum Gasteiger partial charge on any atom is -0.467 e. The zero-order valence-electron chi connectivity index (χ0n) is 11.0. The molecule has 0 N–H and O–H groups in total. The van der Waals surface area contributed by atoms with Gasteiger partial charge in [-0.2, -0.15) is 0 Å². The van der Waals surface area contributed by atoms with Crippen LogP contribution in [0, 0.1) is 0 Å². The van der Waals surface area contributed by atoms with E-state index >= 15 is 0 Å². The molecule has 1 aromatic heterocycles. The third kappa shape index (κ3) is 3.19. The number of rotatable bonds is 5. The maximum absolute atomic E-state index is 12.3. The molecular weight excluding hydrogens is 280 g/mol. The van der Waals surface area contributed by atoms with Crippen molar-refractivity contribution in [3.8, 4) is 0 Å². The molecule has 0 radical (unpaired) electrons. The van der Waals surface area contributed by atoms with Gasteiger partial charge in [-0.25, -0.2) is 0 Å². The normalized spacial score (nSPS) is 17.6. The molecule has 6 heteroatoms. The van der Waals surface area contributed by atoms with Gasteiger partial charge in [0.2, 0.25) is 0 Å². The lowest BCUT2D eigenvalue weighted by Crippen LogP contribution is -2.27. The van der Waals surface area contributed by atoms with Gasteiger partial charge in [-0.15, -0.1) is 0 Å². The molecule has 102 valence electrons. The molecule has 0 unspecified atom stereocenters. The van der Waals surface area contributed by atoms with E-state index in [9.17, 15) is 4.79 Å². The molecule has 0 atom stereocenters. The standard InChI is InChI=1S/C13H16N2O2S2/c1-3-14(4-2)9-11-12(16)15(13(18)19-11)8-10-6-5-7-17-10/h5-7,9H,3-4,8H2,1-2H3/b11-9-. The summed E-state index contributed by atoms with van der Waals surface area (Å²) >= 11 is 6.61. The van der Waals surface area contributed by atoms with Crippen LogP contribution in [0.2, 0.25) is 0 Å². The minimum atomic E-state index is -0.0432. The lowest BCUT2D eigenvalue weighted by molar-refractivity contribution is -0.122. The van der Waals surface area contributed by atoms with Gasteiger partial charge in [0, 0.05) is 19.3 Å². The van der Waals surface area contributed by atoms with Crippen molar-refractivity contribution in [2.24, 2.45) is 0 Å². The molecule has 2 heterocycles. The molecule has 0 spiro atoms. The highest BCUT2D eigenvalue weighted by Crippen LogP contribution is 2.32. The van der Waals surface area contributed by atoms with Crippen molar-refractivity contribution in [3.63, 3.8) is 0 Å². The molecule has 1 amide bonds. The first-order valence-corrected chi connectivity index (χ1v) is 7.40. The number of carbonyl (C=O) groups excluding carboxylic acids is 1. The first kappa shape index (κ1) is 14.1. The van der Waals surface area contributed by atoms with Crippen LogP contribution in [0.15, 0.2) is 33.9 Å². The van der Waals surface area contributed by atoms with Crippen LogP contribution in [-0.4, -0.2) is 33.1 Å². The molecule has 1 aliphatic heterocycles. The van der Waals surface area contributed by atoms with Crippen LogP contribution in [0.5, 0.6) is 0 Å². The molecule has 1 aromatic rings. The van der Waals surface area contributed by atoms with E-state index in [1.54, 1.807) is 17.2 Å². The monoisotopic (exact) mass is 296 g/mol. The van der Waals surface area contributed by atoms with Gasteiger partial charge in [0.1, 0.15) is 10.1 Å². The predicted molar refractivity (Wildman–Crippen MR) is 80.5 cm³/mol. The number of carbonyl (C=O) groups is 1. The van der Waals surface area contributed by atoms with Gasteiger partial charge in [-0.1, -0.05) is 24.0 Å². The highest BCUT2D eigenvalue weighted by atomic mass is 32.2. The maximum Gasteiger partial charge on any atom is 0.268 e. The second kappa shape index (κ2) is 6.25. The van der Waals surface area contributed by atoms with Gasteiger partial charge in [0.05, 0.1) is 17.7 Å². The SMILES string of the molecule is CCN(/C=C1\SC(=S)N(Cc2ccco2)C1=O)CC. The lowest BCUT2D eigenvalue weighted by atomic mass is 10.4. The van der Waals surface area contributed by atoms with Crippen molar-refractivity contribution in [3.05, 3.63) is 35.3 Å². The molecule has 0 bridgehead atoms. The Labute approximate surface area is 122 Å². The Morgan fingerprint density at radius 2 is 2.21 bits per heavy atom. The summed E-state index contributed by atoms with van der Waals surface area (Å²) in [6.45, 7) is 6.26. The van der Waals surface area contributed by atoms with Crippen molar-refractivity contribution in [2.75, 3.05) is 13.1 Å². The Morgan fingerprint density at radius 3 is 2.79 bits per heavy atom. The Morgan fingerprint density at radius 1 is 1.47 bits per heavy atom. The Balaban J connectivity index is 2.12. The Bertz CT molecular complexity index is 493. The largest absolute Gasteiger partial charge is 0.467 e. The summed E-state index contributed by atoms with van der Waals surface area (Å²) in [6.07, 6.45) is 3.49. The molecule has 1 saturated heterocycles. The van der Waals surface area contributed by atoms with E-state index in [0.717, 1.165) is 18.8 Å². The molecular formula is C13H16N2O2S2. The van der Waals surface area contributed by atoms with Gasteiger partial charge < -0.3 is 9.32 Å². The van der Waals surface area contributed by atoms with E-state index in [4.69, 9.17) is 16.6 Å². The van der Waals surface area contributed by atoms with Crippen LogP contribution in [0.1, 0.15) is 19.6 Å². The molecule has 0 aliphatic carbocycles. The predicted octanol–water partition coefficient (Wildman–Crippen LogP) is 2.82. The second-order valence-electron chi connectivity index (χ2n) is 4.05. The zero-order chi connectivity index (χ0) is 13.8. The number of thiocarbonyl (C=S) groups is 1. The van der Waals surface area contributed by atoms with Crippen LogP contribution in [0.3, 0.4) is 0 Å². The van der Waals surface area contributed by atoms with E-state index in [1.807, 2.05) is 12.3 Å². The fourth-order valence-electron chi connectivity index (χ4n) is 1.76. The average molecular weight is 296 g/mol. The van der Waals surface area contributed by atoms with E-state index in [-0.39, 0.29) is 5.91 Å². The van der Waals surface area contributed by atoms with Crippen molar-refractivity contribution in [1.82, 2.24) is 9.80 Å². The third-order valence-electron chi connectivity index (χ3n) is 2.88. The second-order valence-corrected chi connectivity index (χ2v) is 5.73. The quantitative estimate of drug-likeness (QED) is 0.617. The van der Waals surface area contributed by atoms with Crippen LogP contribution in [0.4, 0.5) is 0 Å². The molecule has 2 rings (SSSR count). The van der Waals surface area contributed by atoms with Gasteiger partial charge >= 0.3 is 0 Å². The number of nitrogens with zero attached hydrogens (tertiary/aromatic N) is 2. The highest BCUT2D eigenvalue weighted by Gasteiger charge is 2.32. The number of amides is 1. The fourth-order valence-corrected chi connectivity index (χ4v) is 3.02. The molecule has 19 heavy (non-hydrogen) atoms. The minimum absolute atomic E-state index is 0.0432. The summed E-state index contributed by atoms with van der Waals surface area (Å²) in [7, 11) is 0. The molecule has 0 saturated carbocycles. The summed E-state index contributed by atoms with van der Waals surface area (Å²) in [6, 6.07) is 3.64. The number of furan rings is 1. The van der Waals surface area contributed by atoms with Crippen molar-refractivity contribution >= 4 is 34.2 Å². The van der Waals surface area contributed by atoms with Crippen LogP contribution in [0.25, 0.3) is 0 Å². The summed E-state index contributed by atoms with van der Waals surface area (Å²) in [4.78, 5) is 16.6. The summed E-state index contributed by atoms with van der Waals surface area (Å²) in [5, 5.41) is 0. The van der Waals surface area contributed by atoms with Crippen LogP contribution in [-0.2, 0) is 11.3 Å². The number of hydrogen-bond donors (Lipinski definition) is 0. The Kier molecular flexibility index (Phi) is 4.66. The van der Waals surface area contributed by atoms with Crippen molar-refractivity contribution in [1.29, 1.82) is 0 Å². The smallest absolute Gasteiger partial charge is 0.268 e. The lowest BCUT2D eigenvalue weighted by Gasteiger charge is -2.16. The van der Waals surface area contributed by atoms with Crippen molar-refractivity contribution in [2.45, 2.75) is 20.4 Å². The highest BCUT2D eigenvalue weighted by molar-refractivity contribution is 8.26.